The normalized spacial score (nSPS) is 14.2. The lowest BCUT2D eigenvalue weighted by atomic mass is 9.95. The lowest BCUT2D eigenvalue weighted by Crippen LogP contribution is -2.19. The number of fused-ring (bicyclic) bond motifs is 3. The Morgan fingerprint density at radius 3 is 1.68 bits per heavy atom. The molecule has 0 saturated carbocycles. The van der Waals surface area contributed by atoms with Gasteiger partial charge in [0.1, 0.15) is 5.71 Å². The Balaban J connectivity index is 1.28. The highest BCUT2D eigenvalue weighted by molar-refractivity contribution is 7.86. The van der Waals surface area contributed by atoms with Crippen molar-refractivity contribution in [1.29, 1.82) is 5.41 Å². The summed E-state index contributed by atoms with van der Waals surface area (Å²) in [6, 6.07) is 23.5. The van der Waals surface area contributed by atoms with E-state index in [1.54, 1.807) is 30.3 Å². The maximum Gasteiger partial charge on any atom is 0.294 e. The Hall–Kier alpha value is -6.88. The van der Waals surface area contributed by atoms with Crippen LogP contribution in [0, 0.1) is 5.41 Å². The molecule has 7 rings (SSSR count). The number of aliphatic hydroxyl groups is 1. The minimum atomic E-state index is -4.71. The van der Waals surface area contributed by atoms with E-state index in [9.17, 15) is 48.8 Å². The molecule has 0 heterocycles. The summed E-state index contributed by atoms with van der Waals surface area (Å²) in [6.07, 6.45) is 2.56. The number of hydrazone groups is 1. The van der Waals surface area contributed by atoms with Gasteiger partial charge in [-0.05, 0) is 90.0 Å². The van der Waals surface area contributed by atoms with Crippen LogP contribution in [0.25, 0.3) is 27.6 Å². The zero-order valence-corrected chi connectivity index (χ0v) is 32.2. The van der Waals surface area contributed by atoms with E-state index in [1.165, 1.54) is 54.6 Å². The van der Waals surface area contributed by atoms with Crippen molar-refractivity contribution in [3.05, 3.63) is 126 Å². The SMILES string of the molecule is N=C(O)Cc1ccc(N=Nc2ccc(N=Nc3ccc(N/N=C4\C(=O)C=Cc5cc(S(=O)(=O)O)ccc54)c4cc(S(=O)(=O)O)ccc34)c3cc(S(=O)(=O)O)ccc23)cc1. The van der Waals surface area contributed by atoms with E-state index in [4.69, 9.17) is 5.41 Å². The van der Waals surface area contributed by atoms with Crippen LogP contribution in [-0.4, -0.2) is 61.4 Å². The summed E-state index contributed by atoms with van der Waals surface area (Å²) in [5.74, 6) is -1.04. The number of nitrogens with zero attached hydrogens (tertiary/aromatic N) is 5. The van der Waals surface area contributed by atoms with Gasteiger partial charge in [-0.3, -0.25) is 29.3 Å². The second-order valence-electron chi connectivity index (χ2n) is 12.8. The third-order valence-corrected chi connectivity index (χ3v) is 11.4. The third-order valence-electron chi connectivity index (χ3n) is 8.86. The quantitative estimate of drug-likeness (QED) is 0.0237. The number of carbonyl (C=O) groups excluding carboxylic acids is 1. The van der Waals surface area contributed by atoms with Crippen LogP contribution >= 0.6 is 0 Å². The van der Waals surface area contributed by atoms with E-state index >= 15 is 0 Å². The van der Waals surface area contributed by atoms with Gasteiger partial charge < -0.3 is 5.11 Å². The van der Waals surface area contributed by atoms with E-state index in [-0.39, 0.29) is 56.5 Å². The Kier molecular flexibility index (Phi) is 10.6. The Labute approximate surface area is 334 Å². The summed E-state index contributed by atoms with van der Waals surface area (Å²) >= 11 is 0. The van der Waals surface area contributed by atoms with E-state index in [0.29, 0.717) is 22.3 Å². The summed E-state index contributed by atoms with van der Waals surface area (Å²) in [5.41, 5.74) is 4.99. The van der Waals surface area contributed by atoms with Crippen LogP contribution < -0.4 is 5.43 Å². The molecule has 18 nitrogen and oxygen atoms in total. The third kappa shape index (κ3) is 8.84. The van der Waals surface area contributed by atoms with E-state index in [2.05, 4.69) is 31.0 Å². The number of nitrogens with one attached hydrogen (secondary N) is 2. The number of anilines is 1. The molecule has 6 aromatic rings. The maximum atomic E-state index is 12.9. The number of carbonyl (C=O) groups is 1. The largest absolute Gasteiger partial charge is 0.497 e. The molecule has 0 aliphatic heterocycles. The maximum absolute atomic E-state index is 12.9. The molecule has 1 aliphatic rings. The number of benzene rings is 6. The Morgan fingerprint density at radius 2 is 1.08 bits per heavy atom. The number of hydrogen-bond donors (Lipinski definition) is 6. The van der Waals surface area contributed by atoms with E-state index < -0.39 is 56.7 Å². The zero-order chi connectivity index (χ0) is 42.3. The molecule has 1 aliphatic carbocycles. The fourth-order valence-electron chi connectivity index (χ4n) is 6.04. The van der Waals surface area contributed by atoms with Crippen LogP contribution in [-0.2, 0) is 41.6 Å². The second kappa shape index (κ2) is 15.5. The van der Waals surface area contributed by atoms with Crippen LogP contribution in [0.15, 0.2) is 149 Å². The van der Waals surface area contributed by atoms with Gasteiger partial charge in [0.25, 0.3) is 30.4 Å². The molecule has 0 saturated heterocycles. The van der Waals surface area contributed by atoms with Gasteiger partial charge in [-0.15, -0.1) is 15.3 Å². The molecular formula is C38H27N7O11S3. The van der Waals surface area contributed by atoms with Gasteiger partial charge in [0.15, 0.2) is 5.90 Å². The molecular weight excluding hydrogens is 827 g/mol. The first kappa shape index (κ1) is 40.3. The fourth-order valence-corrected chi connectivity index (χ4v) is 7.57. The number of allylic oxidation sites excluding steroid dienone is 1. The molecule has 59 heavy (non-hydrogen) atoms. The van der Waals surface area contributed by atoms with Gasteiger partial charge in [0, 0.05) is 33.5 Å². The lowest BCUT2D eigenvalue weighted by molar-refractivity contribution is -0.108. The second-order valence-corrected chi connectivity index (χ2v) is 17.0. The molecule has 0 spiro atoms. The lowest BCUT2D eigenvalue weighted by Gasteiger charge is -2.14. The van der Waals surface area contributed by atoms with Gasteiger partial charge in [-0.25, -0.2) is 0 Å². The molecule has 21 heteroatoms. The van der Waals surface area contributed by atoms with E-state index in [1.807, 2.05) is 0 Å². The van der Waals surface area contributed by atoms with Gasteiger partial charge in [0.05, 0.1) is 43.1 Å². The molecule has 6 N–H and O–H groups in total. The summed E-state index contributed by atoms with van der Waals surface area (Å²) in [4.78, 5) is 11.6. The monoisotopic (exact) mass is 853 g/mol. The summed E-state index contributed by atoms with van der Waals surface area (Å²) in [5, 5.41) is 39.0. The van der Waals surface area contributed by atoms with Crippen molar-refractivity contribution in [2.24, 2.45) is 25.6 Å². The predicted molar refractivity (Wildman–Crippen MR) is 217 cm³/mol. The molecule has 0 fully saturated rings. The van der Waals surface area contributed by atoms with Crippen molar-refractivity contribution < 1.29 is 48.8 Å². The summed E-state index contributed by atoms with van der Waals surface area (Å²) in [6.45, 7) is 0. The van der Waals surface area contributed by atoms with Gasteiger partial charge in [-0.2, -0.15) is 35.5 Å². The average Bonchev–Trinajstić information content (AvgIpc) is 3.18. The van der Waals surface area contributed by atoms with Crippen molar-refractivity contribution in [1.82, 2.24) is 0 Å². The molecule has 0 radical (unpaired) electrons. The van der Waals surface area contributed by atoms with Crippen molar-refractivity contribution in [3.8, 4) is 0 Å². The Bertz CT molecular complexity index is 3240. The van der Waals surface area contributed by atoms with Crippen LogP contribution in [0.5, 0.6) is 0 Å². The van der Waals surface area contributed by atoms with Crippen LogP contribution in [0.2, 0.25) is 0 Å². The average molecular weight is 854 g/mol. The molecule has 0 aromatic heterocycles. The molecule has 0 bridgehead atoms. The number of rotatable bonds is 11. The van der Waals surface area contributed by atoms with Crippen molar-refractivity contribution in [2.75, 3.05) is 5.43 Å². The first-order valence-corrected chi connectivity index (χ1v) is 21.1. The van der Waals surface area contributed by atoms with Gasteiger partial charge in [0.2, 0.25) is 5.78 Å². The predicted octanol–water partition coefficient (Wildman–Crippen LogP) is 8.05. The molecule has 0 unspecified atom stereocenters. The van der Waals surface area contributed by atoms with Crippen molar-refractivity contribution >= 4 is 104 Å². The summed E-state index contributed by atoms with van der Waals surface area (Å²) < 4.78 is 101. The minimum Gasteiger partial charge on any atom is -0.497 e. The van der Waals surface area contributed by atoms with Gasteiger partial charge >= 0.3 is 0 Å². The van der Waals surface area contributed by atoms with Crippen LogP contribution in [0.4, 0.5) is 28.4 Å². The molecule has 6 aromatic carbocycles. The van der Waals surface area contributed by atoms with Crippen molar-refractivity contribution in [2.45, 2.75) is 21.1 Å². The number of azo groups is 2. The molecule has 0 atom stereocenters. The van der Waals surface area contributed by atoms with Crippen molar-refractivity contribution in [3.63, 3.8) is 0 Å². The highest BCUT2D eigenvalue weighted by atomic mass is 32.2. The topological polar surface area (TPSA) is 298 Å². The minimum absolute atomic E-state index is 0.0496. The number of ketones is 1. The summed E-state index contributed by atoms with van der Waals surface area (Å²) in [7, 11) is -13.9. The molecule has 0 amide bonds. The smallest absolute Gasteiger partial charge is 0.294 e. The number of hydrogen-bond acceptors (Lipinski definition) is 14. The van der Waals surface area contributed by atoms with Crippen LogP contribution in [0.1, 0.15) is 16.7 Å². The zero-order valence-electron chi connectivity index (χ0n) is 29.8. The van der Waals surface area contributed by atoms with E-state index in [0.717, 1.165) is 30.3 Å². The first-order valence-electron chi connectivity index (χ1n) is 16.8. The highest BCUT2D eigenvalue weighted by Gasteiger charge is 2.23. The van der Waals surface area contributed by atoms with Gasteiger partial charge in [-0.1, -0.05) is 36.4 Å². The fraction of sp³-hybridized carbons (Fsp3) is 0.0263. The Morgan fingerprint density at radius 1 is 0.576 bits per heavy atom. The molecule has 298 valence electrons. The highest BCUT2D eigenvalue weighted by Crippen LogP contribution is 2.39. The van der Waals surface area contributed by atoms with Crippen LogP contribution in [0.3, 0.4) is 0 Å². The standard InChI is InChI=1S/C38H27N7O11S3/c39-37(47)17-21-1-4-23(5-2-21)40-41-32-12-14-34(30-19-25(58(51,52)53)7-10-28(30)32)43-42-33-13-15-35(31-20-26(59(54,55)56)8-11-29(31)33)44-45-38-27-9-6-24(57(48,49)50)18-22(27)3-16-36(38)46/h1-16,18-20,44H,17H2,(H2,39,47)(H,48,49,50)(H,51,52,53)(H,54,55,56)/b41-40?,43-42?,45-38-. The number of aliphatic hydroxyl groups excluding tert-OH is 1. The first-order chi connectivity index (χ1) is 27.8.